The minimum absolute atomic E-state index is 0.136. The standard InChI is InChI=1S/C17H24N4O2/c1-12-8-18-19(9-12)11-15-3-2-6-20(15)17(23)13-7-16(22)21(10-13)14-4-5-14/h8-9,13-15H,2-7,10-11H2,1H3/t13-,15-/m0/s1. The third kappa shape index (κ3) is 2.86. The monoisotopic (exact) mass is 316 g/mol. The molecule has 0 aromatic carbocycles. The average Bonchev–Trinajstić information content (AvgIpc) is 2.92. The summed E-state index contributed by atoms with van der Waals surface area (Å²) in [6.07, 6.45) is 8.56. The lowest BCUT2D eigenvalue weighted by Crippen LogP contribution is -2.42. The zero-order valence-electron chi connectivity index (χ0n) is 13.6. The molecule has 1 saturated carbocycles. The molecule has 0 N–H and O–H groups in total. The van der Waals surface area contributed by atoms with E-state index < -0.39 is 0 Å². The molecule has 2 aliphatic heterocycles. The number of rotatable bonds is 4. The molecule has 6 nitrogen and oxygen atoms in total. The molecule has 0 unspecified atom stereocenters. The molecular weight excluding hydrogens is 292 g/mol. The van der Waals surface area contributed by atoms with Crippen molar-refractivity contribution in [2.45, 2.75) is 57.7 Å². The zero-order valence-corrected chi connectivity index (χ0v) is 13.6. The first kappa shape index (κ1) is 14.7. The quantitative estimate of drug-likeness (QED) is 0.838. The smallest absolute Gasteiger partial charge is 0.228 e. The topological polar surface area (TPSA) is 58.4 Å². The molecule has 3 aliphatic rings. The van der Waals surface area contributed by atoms with Crippen molar-refractivity contribution in [1.29, 1.82) is 0 Å². The minimum Gasteiger partial charge on any atom is -0.339 e. The summed E-state index contributed by atoms with van der Waals surface area (Å²) in [5.74, 6) is 0.209. The summed E-state index contributed by atoms with van der Waals surface area (Å²) in [6, 6.07) is 0.633. The van der Waals surface area contributed by atoms with Gasteiger partial charge in [-0.2, -0.15) is 5.10 Å². The number of nitrogens with zero attached hydrogens (tertiary/aromatic N) is 4. The summed E-state index contributed by atoms with van der Waals surface area (Å²) in [4.78, 5) is 28.9. The van der Waals surface area contributed by atoms with Gasteiger partial charge in [0.05, 0.1) is 24.7 Å². The summed E-state index contributed by atoms with van der Waals surface area (Å²) in [5.41, 5.74) is 1.14. The van der Waals surface area contributed by atoms with E-state index in [9.17, 15) is 9.59 Å². The van der Waals surface area contributed by atoms with Crippen LogP contribution in [0.25, 0.3) is 0 Å². The molecule has 23 heavy (non-hydrogen) atoms. The van der Waals surface area contributed by atoms with Crippen molar-refractivity contribution in [2.24, 2.45) is 5.92 Å². The molecule has 4 rings (SSSR count). The molecule has 6 heteroatoms. The highest BCUT2D eigenvalue weighted by Crippen LogP contribution is 2.34. The van der Waals surface area contributed by atoms with Gasteiger partial charge in [-0.25, -0.2) is 0 Å². The van der Waals surface area contributed by atoms with Gasteiger partial charge in [0, 0.05) is 31.7 Å². The van der Waals surface area contributed by atoms with Crippen molar-refractivity contribution in [3.8, 4) is 0 Å². The highest BCUT2D eigenvalue weighted by atomic mass is 16.2. The van der Waals surface area contributed by atoms with Crippen molar-refractivity contribution >= 4 is 11.8 Å². The second-order valence-corrected chi connectivity index (χ2v) is 7.25. The molecule has 124 valence electrons. The van der Waals surface area contributed by atoms with E-state index in [1.54, 1.807) is 0 Å². The van der Waals surface area contributed by atoms with Gasteiger partial charge in [0.1, 0.15) is 0 Å². The molecule has 2 saturated heterocycles. The van der Waals surface area contributed by atoms with Crippen LogP contribution in [0.1, 0.15) is 37.7 Å². The predicted octanol–water partition coefficient (Wildman–Crippen LogP) is 1.19. The average molecular weight is 316 g/mol. The van der Waals surface area contributed by atoms with E-state index in [2.05, 4.69) is 5.10 Å². The Balaban J connectivity index is 1.41. The molecule has 1 aliphatic carbocycles. The third-order valence-electron chi connectivity index (χ3n) is 5.32. The maximum absolute atomic E-state index is 12.9. The van der Waals surface area contributed by atoms with Crippen molar-refractivity contribution in [2.75, 3.05) is 13.1 Å². The number of hydrogen-bond donors (Lipinski definition) is 0. The first-order valence-corrected chi connectivity index (χ1v) is 8.71. The maximum Gasteiger partial charge on any atom is 0.228 e. The van der Waals surface area contributed by atoms with E-state index in [0.717, 1.165) is 44.3 Å². The first-order chi connectivity index (χ1) is 11.1. The normalized spacial score (nSPS) is 28.0. The second-order valence-electron chi connectivity index (χ2n) is 7.25. The van der Waals surface area contributed by atoms with E-state index in [1.807, 2.05) is 33.8 Å². The Hall–Kier alpha value is -1.85. The fourth-order valence-electron chi connectivity index (χ4n) is 3.97. The summed E-state index contributed by atoms with van der Waals surface area (Å²) in [7, 11) is 0. The number of likely N-dealkylation sites (tertiary alicyclic amines) is 2. The van der Waals surface area contributed by atoms with Crippen LogP contribution in [0.4, 0.5) is 0 Å². The Bertz CT molecular complexity index is 622. The Morgan fingerprint density at radius 3 is 2.87 bits per heavy atom. The molecule has 3 fully saturated rings. The van der Waals surface area contributed by atoms with Gasteiger partial charge in [0.25, 0.3) is 0 Å². The largest absolute Gasteiger partial charge is 0.339 e. The Morgan fingerprint density at radius 2 is 2.17 bits per heavy atom. The van der Waals surface area contributed by atoms with Crippen LogP contribution in [-0.2, 0) is 16.1 Å². The number of aromatic nitrogens is 2. The lowest BCUT2D eigenvalue weighted by Gasteiger charge is -2.27. The fourth-order valence-corrected chi connectivity index (χ4v) is 3.97. The first-order valence-electron chi connectivity index (χ1n) is 8.71. The molecule has 0 spiro atoms. The summed E-state index contributed by atoms with van der Waals surface area (Å²) in [5, 5.41) is 4.34. The van der Waals surface area contributed by atoms with Gasteiger partial charge in [-0.15, -0.1) is 0 Å². The van der Waals surface area contributed by atoms with Crippen LogP contribution >= 0.6 is 0 Å². The highest BCUT2D eigenvalue weighted by Gasteiger charge is 2.44. The van der Waals surface area contributed by atoms with Gasteiger partial charge in [0.2, 0.25) is 11.8 Å². The zero-order chi connectivity index (χ0) is 16.0. The summed E-state index contributed by atoms with van der Waals surface area (Å²) in [6.45, 7) is 4.23. The SMILES string of the molecule is Cc1cnn(C[C@@H]2CCCN2C(=O)[C@H]2CC(=O)N(C3CC3)C2)c1. The van der Waals surface area contributed by atoms with Gasteiger partial charge in [-0.05, 0) is 38.2 Å². The van der Waals surface area contributed by atoms with Gasteiger partial charge in [-0.3, -0.25) is 14.3 Å². The Morgan fingerprint density at radius 1 is 1.35 bits per heavy atom. The second kappa shape index (κ2) is 5.65. The number of hydrogen-bond acceptors (Lipinski definition) is 3. The maximum atomic E-state index is 12.9. The van der Waals surface area contributed by atoms with Gasteiger partial charge in [0.15, 0.2) is 0 Å². The molecule has 2 amide bonds. The third-order valence-corrected chi connectivity index (χ3v) is 5.32. The van der Waals surface area contributed by atoms with Gasteiger partial charge < -0.3 is 9.80 Å². The number of carbonyl (C=O) groups is 2. The van der Waals surface area contributed by atoms with Crippen LogP contribution in [0, 0.1) is 12.8 Å². The van der Waals surface area contributed by atoms with Crippen LogP contribution in [0.2, 0.25) is 0 Å². The Kier molecular flexibility index (Phi) is 3.62. The Labute approximate surface area is 136 Å². The summed E-state index contributed by atoms with van der Waals surface area (Å²) >= 11 is 0. The number of aryl methyl sites for hydroxylation is 1. The van der Waals surface area contributed by atoms with E-state index in [0.29, 0.717) is 19.0 Å². The fraction of sp³-hybridized carbons (Fsp3) is 0.706. The van der Waals surface area contributed by atoms with Crippen molar-refractivity contribution < 1.29 is 9.59 Å². The lowest BCUT2D eigenvalue weighted by molar-refractivity contribution is -0.136. The molecule has 2 atom stereocenters. The molecule has 3 heterocycles. The predicted molar refractivity (Wildman–Crippen MR) is 84.5 cm³/mol. The lowest BCUT2D eigenvalue weighted by atomic mass is 10.1. The van der Waals surface area contributed by atoms with Crippen LogP contribution in [0.5, 0.6) is 0 Å². The van der Waals surface area contributed by atoms with E-state index in [4.69, 9.17) is 0 Å². The number of carbonyl (C=O) groups excluding carboxylic acids is 2. The number of amides is 2. The van der Waals surface area contributed by atoms with Crippen LogP contribution in [0.15, 0.2) is 12.4 Å². The van der Waals surface area contributed by atoms with Crippen molar-refractivity contribution in [1.82, 2.24) is 19.6 Å². The highest BCUT2D eigenvalue weighted by molar-refractivity contribution is 5.89. The molecule has 1 aromatic rings. The van der Waals surface area contributed by atoms with Crippen molar-refractivity contribution in [3.63, 3.8) is 0 Å². The molecule has 0 bridgehead atoms. The van der Waals surface area contributed by atoms with Crippen LogP contribution in [0.3, 0.4) is 0 Å². The minimum atomic E-state index is -0.136. The molecule has 0 radical (unpaired) electrons. The van der Waals surface area contributed by atoms with E-state index in [1.165, 1.54) is 0 Å². The van der Waals surface area contributed by atoms with E-state index >= 15 is 0 Å². The van der Waals surface area contributed by atoms with Crippen molar-refractivity contribution in [3.05, 3.63) is 18.0 Å². The van der Waals surface area contributed by atoms with Crippen LogP contribution in [-0.4, -0.2) is 56.6 Å². The van der Waals surface area contributed by atoms with E-state index in [-0.39, 0.29) is 23.8 Å². The molecular formula is C17H24N4O2. The summed E-state index contributed by atoms with van der Waals surface area (Å²) < 4.78 is 1.93. The van der Waals surface area contributed by atoms with Gasteiger partial charge in [-0.1, -0.05) is 0 Å². The molecule has 1 aromatic heterocycles. The van der Waals surface area contributed by atoms with Crippen LogP contribution < -0.4 is 0 Å². The van der Waals surface area contributed by atoms with Gasteiger partial charge >= 0.3 is 0 Å².